The van der Waals surface area contributed by atoms with E-state index in [0.717, 1.165) is 12.0 Å². The maximum absolute atomic E-state index is 13.9. The standard InChI is InChI=1S/C15H13FN2O/c16-13-6-5-11(17)9-14(13)18-8-7-10-3-1-2-4-12(10)15(18)19/h1-6,9H,7-8,17H2. The molecule has 3 nitrogen and oxygen atoms in total. The predicted molar refractivity (Wildman–Crippen MR) is 72.6 cm³/mol. The number of benzene rings is 2. The number of nitrogen functional groups attached to an aromatic ring is 1. The Labute approximate surface area is 110 Å². The summed E-state index contributed by atoms with van der Waals surface area (Å²) in [6.45, 7) is 0.468. The monoisotopic (exact) mass is 256 g/mol. The molecule has 2 aromatic carbocycles. The summed E-state index contributed by atoms with van der Waals surface area (Å²) in [5.74, 6) is -0.603. The van der Waals surface area contributed by atoms with Crippen molar-refractivity contribution < 1.29 is 9.18 Å². The molecule has 4 heteroatoms. The maximum Gasteiger partial charge on any atom is 0.258 e. The quantitative estimate of drug-likeness (QED) is 0.797. The number of fused-ring (bicyclic) bond motifs is 1. The number of halogens is 1. The molecule has 0 fully saturated rings. The highest BCUT2D eigenvalue weighted by molar-refractivity contribution is 6.08. The molecule has 0 radical (unpaired) electrons. The highest BCUT2D eigenvalue weighted by Gasteiger charge is 2.26. The lowest BCUT2D eigenvalue weighted by molar-refractivity contribution is 0.0980. The van der Waals surface area contributed by atoms with E-state index in [4.69, 9.17) is 5.73 Å². The molecule has 96 valence electrons. The van der Waals surface area contributed by atoms with Crippen LogP contribution >= 0.6 is 0 Å². The van der Waals surface area contributed by atoms with Crippen molar-refractivity contribution in [2.45, 2.75) is 6.42 Å². The number of hydrogen-bond acceptors (Lipinski definition) is 2. The van der Waals surface area contributed by atoms with Crippen LogP contribution in [-0.2, 0) is 6.42 Å². The van der Waals surface area contributed by atoms with E-state index >= 15 is 0 Å². The number of anilines is 2. The summed E-state index contributed by atoms with van der Waals surface area (Å²) < 4.78 is 13.9. The molecular weight excluding hydrogens is 243 g/mol. The molecule has 1 heterocycles. The molecule has 0 aromatic heterocycles. The van der Waals surface area contributed by atoms with Gasteiger partial charge in [-0.25, -0.2) is 4.39 Å². The first kappa shape index (κ1) is 11.7. The van der Waals surface area contributed by atoms with Gasteiger partial charge in [-0.05, 0) is 36.2 Å². The topological polar surface area (TPSA) is 46.3 Å². The van der Waals surface area contributed by atoms with Gasteiger partial charge in [-0.3, -0.25) is 4.79 Å². The Kier molecular flexibility index (Phi) is 2.71. The van der Waals surface area contributed by atoms with Gasteiger partial charge in [-0.2, -0.15) is 0 Å². The molecule has 19 heavy (non-hydrogen) atoms. The van der Waals surface area contributed by atoms with Crippen molar-refractivity contribution >= 4 is 17.3 Å². The number of nitrogens with zero attached hydrogens (tertiary/aromatic N) is 1. The summed E-state index contributed by atoms with van der Waals surface area (Å²) in [7, 11) is 0. The number of carbonyl (C=O) groups excluding carboxylic acids is 1. The van der Waals surface area contributed by atoms with Crippen LogP contribution in [0.15, 0.2) is 42.5 Å². The van der Waals surface area contributed by atoms with Crippen molar-refractivity contribution in [3.05, 3.63) is 59.4 Å². The van der Waals surface area contributed by atoms with Crippen molar-refractivity contribution in [2.75, 3.05) is 17.2 Å². The molecule has 1 aliphatic heterocycles. The van der Waals surface area contributed by atoms with E-state index in [1.165, 1.54) is 23.1 Å². The Bertz CT molecular complexity index is 654. The average molecular weight is 256 g/mol. The molecule has 2 N–H and O–H groups in total. The van der Waals surface area contributed by atoms with Crippen LogP contribution in [0, 0.1) is 5.82 Å². The minimum atomic E-state index is -0.429. The van der Waals surface area contributed by atoms with E-state index in [0.29, 0.717) is 17.8 Å². The lowest BCUT2D eigenvalue weighted by atomic mass is 9.98. The normalized spacial score (nSPS) is 14.4. The number of amides is 1. The Morgan fingerprint density at radius 2 is 1.95 bits per heavy atom. The predicted octanol–water partition coefficient (Wildman–Crippen LogP) is 2.61. The van der Waals surface area contributed by atoms with Gasteiger partial charge in [0, 0.05) is 17.8 Å². The van der Waals surface area contributed by atoms with Gasteiger partial charge in [0.1, 0.15) is 5.82 Å². The molecule has 0 saturated carbocycles. The van der Waals surface area contributed by atoms with Crippen LogP contribution in [0.4, 0.5) is 15.8 Å². The summed E-state index contributed by atoms with van der Waals surface area (Å²) in [5, 5.41) is 0. The zero-order valence-corrected chi connectivity index (χ0v) is 10.3. The van der Waals surface area contributed by atoms with Crippen LogP contribution in [-0.4, -0.2) is 12.5 Å². The van der Waals surface area contributed by atoms with Crippen molar-refractivity contribution in [1.29, 1.82) is 0 Å². The van der Waals surface area contributed by atoms with Crippen molar-refractivity contribution in [1.82, 2.24) is 0 Å². The maximum atomic E-state index is 13.9. The molecule has 0 saturated heterocycles. The molecule has 1 amide bonds. The largest absolute Gasteiger partial charge is 0.399 e. The van der Waals surface area contributed by atoms with E-state index < -0.39 is 5.82 Å². The van der Waals surface area contributed by atoms with Crippen molar-refractivity contribution in [3.63, 3.8) is 0 Å². The third-order valence-corrected chi connectivity index (χ3v) is 3.36. The van der Waals surface area contributed by atoms with E-state index in [9.17, 15) is 9.18 Å². The average Bonchev–Trinajstić information content (AvgIpc) is 2.43. The number of carbonyl (C=O) groups is 1. The molecule has 0 bridgehead atoms. The fraction of sp³-hybridized carbons (Fsp3) is 0.133. The fourth-order valence-corrected chi connectivity index (χ4v) is 2.39. The third kappa shape index (κ3) is 1.95. The molecule has 0 spiro atoms. The van der Waals surface area contributed by atoms with Crippen LogP contribution in [0.5, 0.6) is 0 Å². The van der Waals surface area contributed by atoms with E-state index in [-0.39, 0.29) is 11.6 Å². The smallest absolute Gasteiger partial charge is 0.258 e. The minimum Gasteiger partial charge on any atom is -0.399 e. The summed E-state index contributed by atoms with van der Waals surface area (Å²) >= 11 is 0. The third-order valence-electron chi connectivity index (χ3n) is 3.36. The molecule has 0 atom stereocenters. The molecule has 3 rings (SSSR count). The highest BCUT2D eigenvalue weighted by atomic mass is 19.1. The second-order valence-electron chi connectivity index (χ2n) is 4.57. The van der Waals surface area contributed by atoms with Gasteiger partial charge in [0.25, 0.3) is 5.91 Å². The summed E-state index contributed by atoms with van der Waals surface area (Å²) in [5.41, 5.74) is 8.01. The Hall–Kier alpha value is -2.36. The van der Waals surface area contributed by atoms with Gasteiger partial charge in [-0.15, -0.1) is 0 Å². The first-order valence-corrected chi connectivity index (χ1v) is 6.11. The van der Waals surface area contributed by atoms with Crippen molar-refractivity contribution in [2.24, 2.45) is 0 Å². The summed E-state index contributed by atoms with van der Waals surface area (Å²) in [6.07, 6.45) is 0.718. The SMILES string of the molecule is Nc1ccc(F)c(N2CCc3ccccc3C2=O)c1. The fourth-order valence-electron chi connectivity index (χ4n) is 2.39. The molecule has 0 unspecified atom stereocenters. The van der Waals surface area contributed by atoms with Crippen LogP contribution < -0.4 is 10.6 Å². The van der Waals surface area contributed by atoms with Gasteiger partial charge >= 0.3 is 0 Å². The van der Waals surface area contributed by atoms with Gasteiger partial charge < -0.3 is 10.6 Å². The van der Waals surface area contributed by atoms with Gasteiger partial charge in [0.15, 0.2) is 0 Å². The summed E-state index contributed by atoms with van der Waals surface area (Å²) in [6, 6.07) is 11.7. The Morgan fingerprint density at radius 1 is 1.16 bits per heavy atom. The van der Waals surface area contributed by atoms with Crippen LogP contribution in [0.2, 0.25) is 0 Å². The van der Waals surface area contributed by atoms with Crippen LogP contribution in [0.25, 0.3) is 0 Å². The summed E-state index contributed by atoms with van der Waals surface area (Å²) in [4.78, 5) is 13.9. The molecule has 0 aliphatic carbocycles. The lowest BCUT2D eigenvalue weighted by Crippen LogP contribution is -2.38. The van der Waals surface area contributed by atoms with Gasteiger partial charge in [-0.1, -0.05) is 18.2 Å². The second kappa shape index (κ2) is 4.39. The second-order valence-corrected chi connectivity index (χ2v) is 4.57. The highest BCUT2D eigenvalue weighted by Crippen LogP contribution is 2.28. The van der Waals surface area contributed by atoms with Crippen molar-refractivity contribution in [3.8, 4) is 0 Å². The van der Waals surface area contributed by atoms with Crippen LogP contribution in [0.3, 0.4) is 0 Å². The van der Waals surface area contributed by atoms with Gasteiger partial charge in [0.05, 0.1) is 5.69 Å². The molecular formula is C15H13FN2O. The molecule has 2 aromatic rings. The first-order chi connectivity index (χ1) is 9.16. The van der Waals surface area contributed by atoms with E-state index in [1.807, 2.05) is 18.2 Å². The number of hydrogen-bond donors (Lipinski definition) is 1. The first-order valence-electron chi connectivity index (χ1n) is 6.11. The minimum absolute atomic E-state index is 0.175. The zero-order chi connectivity index (χ0) is 13.4. The molecule has 1 aliphatic rings. The lowest BCUT2D eigenvalue weighted by Gasteiger charge is -2.29. The Morgan fingerprint density at radius 3 is 2.79 bits per heavy atom. The van der Waals surface area contributed by atoms with E-state index in [2.05, 4.69) is 0 Å². The van der Waals surface area contributed by atoms with Crippen LogP contribution in [0.1, 0.15) is 15.9 Å². The van der Waals surface area contributed by atoms with Gasteiger partial charge in [0.2, 0.25) is 0 Å². The number of nitrogens with two attached hydrogens (primary N) is 1. The Balaban J connectivity index is 2.05. The number of rotatable bonds is 1. The van der Waals surface area contributed by atoms with E-state index in [1.54, 1.807) is 6.07 Å². The zero-order valence-electron chi connectivity index (χ0n) is 10.3.